The molecule has 2 rings (SSSR count). The molecule has 1 aliphatic rings. The minimum Gasteiger partial charge on any atom is -0.361 e. The van der Waals surface area contributed by atoms with E-state index in [1.54, 1.807) is 6.08 Å². The monoisotopic (exact) mass is 241 g/mol. The van der Waals surface area contributed by atoms with Gasteiger partial charge in [-0.2, -0.15) is 0 Å². The van der Waals surface area contributed by atoms with Gasteiger partial charge in [0.25, 0.3) is 0 Å². The van der Waals surface area contributed by atoms with Crippen LogP contribution in [0, 0.1) is 6.92 Å². The highest BCUT2D eigenvalue weighted by molar-refractivity contribution is 6.35. The van der Waals surface area contributed by atoms with Gasteiger partial charge in [0, 0.05) is 28.1 Å². The Hall–Kier alpha value is -0.990. The Morgan fingerprint density at radius 2 is 2.13 bits per heavy atom. The molecule has 0 aliphatic heterocycles. The van der Waals surface area contributed by atoms with Crippen molar-refractivity contribution in [1.29, 1.82) is 0 Å². The Kier molecular flexibility index (Phi) is 2.98. The predicted molar refractivity (Wildman–Crippen MR) is 61.7 cm³/mol. The van der Waals surface area contributed by atoms with Crippen LogP contribution in [0.5, 0.6) is 0 Å². The zero-order valence-corrected chi connectivity index (χ0v) is 9.64. The van der Waals surface area contributed by atoms with E-state index < -0.39 is 0 Å². The van der Waals surface area contributed by atoms with E-state index in [-0.39, 0.29) is 0 Å². The molecule has 4 heteroatoms. The molecule has 0 radical (unpaired) electrons. The van der Waals surface area contributed by atoms with Crippen molar-refractivity contribution in [3.8, 4) is 0 Å². The van der Waals surface area contributed by atoms with E-state index in [0.717, 1.165) is 17.0 Å². The van der Waals surface area contributed by atoms with Crippen molar-refractivity contribution in [3.05, 3.63) is 45.8 Å². The summed E-state index contributed by atoms with van der Waals surface area (Å²) >= 11 is 11.9. The molecule has 1 aliphatic carbocycles. The zero-order valence-electron chi connectivity index (χ0n) is 8.13. The average Bonchev–Trinajstić information content (AvgIpc) is 2.51. The van der Waals surface area contributed by atoms with Crippen LogP contribution in [0.1, 0.15) is 17.9 Å². The van der Waals surface area contributed by atoms with Crippen molar-refractivity contribution >= 4 is 28.8 Å². The highest BCUT2D eigenvalue weighted by atomic mass is 35.5. The SMILES string of the molecule is Cc1cc(C2=CCC(Cl)=CC(Cl)=C2)no1. The second-order valence-corrected chi connectivity index (χ2v) is 4.23. The van der Waals surface area contributed by atoms with E-state index in [0.29, 0.717) is 16.5 Å². The fourth-order valence-corrected chi connectivity index (χ4v) is 1.85. The lowest BCUT2D eigenvalue weighted by Gasteiger charge is -1.94. The topological polar surface area (TPSA) is 26.0 Å². The van der Waals surface area contributed by atoms with Crippen molar-refractivity contribution in [2.45, 2.75) is 13.3 Å². The standard InChI is InChI=1S/C11H9Cl2NO/c1-7-4-11(14-15-7)8-2-3-9(12)6-10(13)5-8/h2,4-6H,3H2,1H3. The molecule has 0 fully saturated rings. The summed E-state index contributed by atoms with van der Waals surface area (Å²) in [6.07, 6.45) is 6.20. The predicted octanol–water partition coefficient (Wildman–Crippen LogP) is 4.02. The quantitative estimate of drug-likeness (QED) is 0.743. The fraction of sp³-hybridized carbons (Fsp3) is 0.182. The number of hydrogen-bond donors (Lipinski definition) is 0. The van der Waals surface area contributed by atoms with Gasteiger partial charge in [0.15, 0.2) is 0 Å². The molecule has 0 N–H and O–H groups in total. The highest BCUT2D eigenvalue weighted by Gasteiger charge is 2.08. The second-order valence-electron chi connectivity index (χ2n) is 3.31. The van der Waals surface area contributed by atoms with Gasteiger partial charge in [0.05, 0.1) is 0 Å². The van der Waals surface area contributed by atoms with Crippen LogP contribution in [0.3, 0.4) is 0 Å². The lowest BCUT2D eigenvalue weighted by Crippen LogP contribution is -1.79. The first-order valence-electron chi connectivity index (χ1n) is 4.52. The van der Waals surface area contributed by atoms with Crippen LogP contribution < -0.4 is 0 Å². The fourth-order valence-electron chi connectivity index (χ4n) is 1.35. The van der Waals surface area contributed by atoms with Gasteiger partial charge >= 0.3 is 0 Å². The summed E-state index contributed by atoms with van der Waals surface area (Å²) in [6.45, 7) is 1.85. The van der Waals surface area contributed by atoms with Gasteiger partial charge in [0.2, 0.25) is 0 Å². The first-order valence-corrected chi connectivity index (χ1v) is 5.28. The van der Waals surface area contributed by atoms with E-state index in [1.807, 2.05) is 25.1 Å². The Morgan fingerprint density at radius 1 is 1.33 bits per heavy atom. The third kappa shape index (κ3) is 2.52. The third-order valence-electron chi connectivity index (χ3n) is 2.03. The van der Waals surface area contributed by atoms with Crippen LogP contribution in [-0.2, 0) is 0 Å². The number of hydrogen-bond acceptors (Lipinski definition) is 2. The molecule has 1 aromatic rings. The molecule has 1 aromatic heterocycles. The number of allylic oxidation sites excluding steroid dienone is 6. The van der Waals surface area contributed by atoms with Crippen molar-refractivity contribution in [2.24, 2.45) is 0 Å². The number of rotatable bonds is 1. The molecule has 1 heterocycles. The smallest absolute Gasteiger partial charge is 0.134 e. The zero-order chi connectivity index (χ0) is 10.8. The number of aromatic nitrogens is 1. The molecule has 0 unspecified atom stereocenters. The van der Waals surface area contributed by atoms with Gasteiger partial charge in [-0.05, 0) is 19.1 Å². The maximum Gasteiger partial charge on any atom is 0.134 e. The van der Waals surface area contributed by atoms with E-state index in [1.165, 1.54) is 0 Å². The van der Waals surface area contributed by atoms with Crippen molar-refractivity contribution in [1.82, 2.24) is 5.16 Å². The Labute approximate surface area is 97.8 Å². The van der Waals surface area contributed by atoms with Crippen LogP contribution in [0.25, 0.3) is 5.57 Å². The minimum atomic E-state index is 0.601. The largest absolute Gasteiger partial charge is 0.361 e. The highest BCUT2D eigenvalue weighted by Crippen LogP contribution is 2.26. The molecule has 0 bridgehead atoms. The Morgan fingerprint density at radius 3 is 2.80 bits per heavy atom. The lowest BCUT2D eigenvalue weighted by atomic mass is 10.1. The molecule has 2 nitrogen and oxygen atoms in total. The summed E-state index contributed by atoms with van der Waals surface area (Å²) in [6, 6.07) is 1.87. The Balaban J connectivity index is 2.36. The summed E-state index contributed by atoms with van der Waals surface area (Å²) in [5.74, 6) is 0.777. The summed E-state index contributed by atoms with van der Waals surface area (Å²) < 4.78 is 5.01. The van der Waals surface area contributed by atoms with E-state index in [2.05, 4.69) is 5.16 Å². The molecule has 0 saturated heterocycles. The van der Waals surface area contributed by atoms with Crippen LogP contribution >= 0.6 is 23.2 Å². The molecular formula is C11H9Cl2NO. The second kappa shape index (κ2) is 4.25. The van der Waals surface area contributed by atoms with Gasteiger partial charge in [0.1, 0.15) is 11.5 Å². The van der Waals surface area contributed by atoms with E-state index >= 15 is 0 Å². The molecule has 78 valence electrons. The van der Waals surface area contributed by atoms with Crippen molar-refractivity contribution < 1.29 is 4.52 Å². The number of nitrogens with zero attached hydrogens (tertiary/aromatic N) is 1. The number of halogens is 2. The van der Waals surface area contributed by atoms with Crippen LogP contribution in [0.2, 0.25) is 0 Å². The summed E-state index contributed by atoms with van der Waals surface area (Å²) in [4.78, 5) is 0. The van der Waals surface area contributed by atoms with Crippen molar-refractivity contribution in [3.63, 3.8) is 0 Å². The molecule has 0 saturated carbocycles. The van der Waals surface area contributed by atoms with E-state index in [9.17, 15) is 0 Å². The van der Waals surface area contributed by atoms with Crippen LogP contribution in [-0.4, -0.2) is 5.16 Å². The number of aryl methyl sites for hydroxylation is 1. The third-order valence-corrected chi connectivity index (χ3v) is 2.51. The maximum absolute atomic E-state index is 5.97. The van der Waals surface area contributed by atoms with Gasteiger partial charge in [-0.25, -0.2) is 0 Å². The first kappa shape index (κ1) is 10.5. The van der Waals surface area contributed by atoms with Gasteiger partial charge < -0.3 is 4.52 Å². The van der Waals surface area contributed by atoms with Gasteiger partial charge in [-0.1, -0.05) is 34.4 Å². The summed E-state index contributed by atoms with van der Waals surface area (Å²) in [5.41, 5.74) is 1.72. The van der Waals surface area contributed by atoms with Gasteiger partial charge in [-0.15, -0.1) is 0 Å². The Bertz CT molecular complexity index is 469. The molecule has 0 aromatic carbocycles. The van der Waals surface area contributed by atoms with Crippen LogP contribution in [0.4, 0.5) is 0 Å². The minimum absolute atomic E-state index is 0.601. The molecule has 0 amide bonds. The average molecular weight is 242 g/mol. The van der Waals surface area contributed by atoms with Gasteiger partial charge in [-0.3, -0.25) is 0 Å². The summed E-state index contributed by atoms with van der Waals surface area (Å²) in [7, 11) is 0. The van der Waals surface area contributed by atoms with E-state index in [4.69, 9.17) is 27.7 Å². The molecule has 0 atom stereocenters. The molecule has 0 spiro atoms. The maximum atomic E-state index is 5.97. The van der Waals surface area contributed by atoms with Crippen molar-refractivity contribution in [2.75, 3.05) is 0 Å². The summed E-state index contributed by atoms with van der Waals surface area (Å²) in [5, 5.41) is 5.24. The lowest BCUT2D eigenvalue weighted by molar-refractivity contribution is 0.396. The normalized spacial score (nSPS) is 16.6. The van der Waals surface area contributed by atoms with Crippen LogP contribution in [0.15, 0.2) is 38.9 Å². The first-order chi connectivity index (χ1) is 7.15. The molecule has 15 heavy (non-hydrogen) atoms. The molecular weight excluding hydrogens is 233 g/mol.